The highest BCUT2D eigenvalue weighted by molar-refractivity contribution is 5.71. The van der Waals surface area contributed by atoms with Crippen molar-refractivity contribution in [3.8, 4) is 0 Å². The Balaban J connectivity index is 4.28. The molecule has 1 atom stereocenters. The fourth-order valence-electron chi connectivity index (χ4n) is 8.48. The highest BCUT2D eigenvalue weighted by Crippen LogP contribution is 2.15. The third-order valence-electron chi connectivity index (χ3n) is 13.1. The summed E-state index contributed by atoms with van der Waals surface area (Å²) < 4.78 is 16.9. The highest BCUT2D eigenvalue weighted by atomic mass is 16.6. The van der Waals surface area contributed by atoms with Crippen LogP contribution in [0.25, 0.3) is 0 Å². The average Bonchev–Trinajstić information content (AvgIpc) is 3.39. The summed E-state index contributed by atoms with van der Waals surface area (Å²) in [5.41, 5.74) is 0. The first-order chi connectivity index (χ1) is 36.0. The van der Waals surface area contributed by atoms with E-state index in [1.165, 1.54) is 128 Å². The Morgan fingerprint density at radius 2 is 0.534 bits per heavy atom. The highest BCUT2D eigenvalue weighted by Gasteiger charge is 2.19. The Kier molecular flexibility index (Phi) is 57.8. The van der Waals surface area contributed by atoms with Crippen LogP contribution in [0.5, 0.6) is 0 Å². The summed E-state index contributed by atoms with van der Waals surface area (Å²) in [5.74, 6) is -0.899. The van der Waals surface area contributed by atoms with Crippen LogP contribution in [0.15, 0.2) is 97.2 Å². The second-order valence-corrected chi connectivity index (χ2v) is 20.2. The average molecular weight is 1020 g/mol. The van der Waals surface area contributed by atoms with Crippen LogP contribution in [0.1, 0.15) is 290 Å². The summed E-state index contributed by atoms with van der Waals surface area (Å²) >= 11 is 0. The Bertz CT molecular complexity index is 1440. The fraction of sp³-hybridized carbons (Fsp3) is 0.716. The van der Waals surface area contributed by atoms with Gasteiger partial charge in [0.1, 0.15) is 13.2 Å². The second-order valence-electron chi connectivity index (χ2n) is 20.2. The van der Waals surface area contributed by atoms with Gasteiger partial charge in [-0.05, 0) is 103 Å². The molecule has 6 nitrogen and oxygen atoms in total. The van der Waals surface area contributed by atoms with Gasteiger partial charge in [0, 0.05) is 19.3 Å². The number of esters is 3. The molecule has 0 aliphatic carbocycles. The molecule has 0 spiro atoms. The molecule has 0 saturated carbocycles. The molecular formula is C67H114O6. The zero-order valence-electron chi connectivity index (χ0n) is 47.9. The summed E-state index contributed by atoms with van der Waals surface area (Å²) in [4.78, 5) is 38.1. The molecule has 0 radical (unpaired) electrons. The molecule has 0 heterocycles. The quantitative estimate of drug-likeness (QED) is 0.0261. The molecule has 0 aromatic carbocycles. The van der Waals surface area contributed by atoms with Gasteiger partial charge in [-0.1, -0.05) is 266 Å². The van der Waals surface area contributed by atoms with Crippen molar-refractivity contribution in [2.75, 3.05) is 13.2 Å². The van der Waals surface area contributed by atoms with E-state index in [0.717, 1.165) is 122 Å². The van der Waals surface area contributed by atoms with Crippen molar-refractivity contribution in [1.29, 1.82) is 0 Å². The number of unbranched alkanes of at least 4 members (excludes halogenated alkanes) is 28. The first-order valence-corrected chi connectivity index (χ1v) is 30.7. The molecule has 0 aliphatic rings. The van der Waals surface area contributed by atoms with Crippen molar-refractivity contribution in [3.05, 3.63) is 97.2 Å². The third-order valence-corrected chi connectivity index (χ3v) is 13.1. The van der Waals surface area contributed by atoms with Gasteiger partial charge in [-0.2, -0.15) is 0 Å². The van der Waals surface area contributed by atoms with E-state index >= 15 is 0 Å². The number of hydrogen-bond donors (Lipinski definition) is 0. The molecule has 418 valence electrons. The van der Waals surface area contributed by atoms with Crippen molar-refractivity contribution in [1.82, 2.24) is 0 Å². The minimum Gasteiger partial charge on any atom is -0.462 e. The molecule has 0 aliphatic heterocycles. The minimum absolute atomic E-state index is 0.0833. The summed E-state index contributed by atoms with van der Waals surface area (Å²) in [6.07, 6.45) is 81.2. The maximum Gasteiger partial charge on any atom is 0.306 e. The number of carbonyl (C=O) groups excluding carboxylic acids is 3. The molecule has 0 saturated heterocycles. The molecule has 0 rings (SSSR count). The van der Waals surface area contributed by atoms with Crippen molar-refractivity contribution >= 4 is 17.9 Å². The van der Waals surface area contributed by atoms with E-state index in [2.05, 4.69) is 118 Å². The number of rotatable bonds is 55. The van der Waals surface area contributed by atoms with Gasteiger partial charge in [0.15, 0.2) is 6.10 Å². The van der Waals surface area contributed by atoms with Gasteiger partial charge in [0.2, 0.25) is 0 Å². The Labute approximate surface area is 451 Å². The van der Waals surface area contributed by atoms with Crippen molar-refractivity contribution in [2.45, 2.75) is 297 Å². The number of allylic oxidation sites excluding steroid dienone is 16. The van der Waals surface area contributed by atoms with E-state index < -0.39 is 6.10 Å². The second kappa shape index (κ2) is 60.9. The van der Waals surface area contributed by atoms with Gasteiger partial charge in [0.25, 0.3) is 0 Å². The first-order valence-electron chi connectivity index (χ1n) is 30.7. The van der Waals surface area contributed by atoms with Crippen LogP contribution < -0.4 is 0 Å². The predicted molar refractivity (Wildman–Crippen MR) is 316 cm³/mol. The monoisotopic (exact) mass is 1010 g/mol. The first kappa shape index (κ1) is 69.3. The standard InChI is InChI=1S/C67H114O6/c1-4-7-10-13-16-19-21-23-25-27-29-31-32-33-34-36-37-39-41-43-45-48-51-54-57-60-66(69)72-63-64(62-71-65(68)59-56-53-50-47-18-15-12-9-6-3)73-67(70)61-58-55-52-49-46-44-42-40-38-35-30-28-26-24-22-20-17-14-11-8-5-2/h7,10,16,19,22-25,28-31,33-34,38,40,64H,4-6,8-9,11-15,17-18,20-21,26-27,32,35-37,39,41-63H2,1-3H3/b10-7-,19-16-,24-22-,25-23-,30-28-,31-29-,34-33-,40-38-. The Hall–Kier alpha value is -3.67. The number of ether oxygens (including phenoxy) is 3. The van der Waals surface area contributed by atoms with Crippen molar-refractivity contribution < 1.29 is 28.6 Å². The van der Waals surface area contributed by atoms with Crippen molar-refractivity contribution in [3.63, 3.8) is 0 Å². The number of carbonyl (C=O) groups is 3. The maximum atomic E-state index is 12.9. The normalized spacial score (nSPS) is 12.8. The molecule has 0 aromatic heterocycles. The lowest BCUT2D eigenvalue weighted by molar-refractivity contribution is -0.167. The molecule has 1 unspecified atom stereocenters. The predicted octanol–water partition coefficient (Wildman–Crippen LogP) is 20.9. The minimum atomic E-state index is -0.786. The molecule has 6 heteroatoms. The molecule has 0 amide bonds. The van der Waals surface area contributed by atoms with Gasteiger partial charge in [-0.3, -0.25) is 14.4 Å². The molecular weight excluding hydrogens is 901 g/mol. The van der Waals surface area contributed by atoms with Crippen LogP contribution in [0.3, 0.4) is 0 Å². The lowest BCUT2D eigenvalue weighted by atomic mass is 10.1. The van der Waals surface area contributed by atoms with E-state index in [1.807, 2.05) is 0 Å². The van der Waals surface area contributed by atoms with Gasteiger partial charge in [-0.25, -0.2) is 0 Å². The summed E-state index contributed by atoms with van der Waals surface area (Å²) in [5, 5.41) is 0. The van der Waals surface area contributed by atoms with Crippen LogP contribution in [0, 0.1) is 0 Å². The van der Waals surface area contributed by atoms with Gasteiger partial charge < -0.3 is 14.2 Å². The Morgan fingerprint density at radius 1 is 0.288 bits per heavy atom. The van der Waals surface area contributed by atoms with Crippen molar-refractivity contribution in [2.24, 2.45) is 0 Å². The lowest BCUT2D eigenvalue weighted by Gasteiger charge is -2.18. The van der Waals surface area contributed by atoms with E-state index in [4.69, 9.17) is 14.2 Å². The smallest absolute Gasteiger partial charge is 0.306 e. The van der Waals surface area contributed by atoms with E-state index in [0.29, 0.717) is 19.3 Å². The summed E-state index contributed by atoms with van der Waals surface area (Å²) in [6.45, 7) is 6.49. The van der Waals surface area contributed by atoms with Crippen LogP contribution in [-0.4, -0.2) is 37.2 Å². The van der Waals surface area contributed by atoms with Crippen LogP contribution in [-0.2, 0) is 28.6 Å². The van der Waals surface area contributed by atoms with E-state index in [-0.39, 0.29) is 31.1 Å². The summed E-state index contributed by atoms with van der Waals surface area (Å²) in [7, 11) is 0. The molecule has 0 fully saturated rings. The van der Waals surface area contributed by atoms with Gasteiger partial charge in [-0.15, -0.1) is 0 Å². The van der Waals surface area contributed by atoms with Crippen LogP contribution in [0.4, 0.5) is 0 Å². The lowest BCUT2D eigenvalue weighted by Crippen LogP contribution is -2.30. The van der Waals surface area contributed by atoms with E-state index in [1.54, 1.807) is 0 Å². The van der Waals surface area contributed by atoms with Gasteiger partial charge in [0.05, 0.1) is 0 Å². The molecule has 0 N–H and O–H groups in total. The van der Waals surface area contributed by atoms with Gasteiger partial charge >= 0.3 is 17.9 Å². The largest absolute Gasteiger partial charge is 0.462 e. The zero-order chi connectivity index (χ0) is 52.9. The SMILES string of the molecule is CC/C=C\C/C=C\C/C=C\C/C=C\C/C=C\CCCCCCCCCCCC(=O)OCC(COC(=O)CCCCCCCCCCC)OC(=O)CCCCCCCC/C=C\C/C=C\C/C=C\CCCCCCC. The molecule has 0 bridgehead atoms. The fourth-order valence-corrected chi connectivity index (χ4v) is 8.48. The zero-order valence-corrected chi connectivity index (χ0v) is 47.9. The molecule has 0 aromatic rings. The van der Waals surface area contributed by atoms with Crippen LogP contribution >= 0.6 is 0 Å². The van der Waals surface area contributed by atoms with E-state index in [9.17, 15) is 14.4 Å². The third kappa shape index (κ3) is 59.1. The Morgan fingerprint density at radius 3 is 0.836 bits per heavy atom. The topological polar surface area (TPSA) is 78.9 Å². The summed E-state index contributed by atoms with van der Waals surface area (Å²) in [6, 6.07) is 0. The van der Waals surface area contributed by atoms with Crippen LogP contribution in [0.2, 0.25) is 0 Å². The molecule has 73 heavy (non-hydrogen) atoms. The maximum absolute atomic E-state index is 12.9. The number of hydrogen-bond acceptors (Lipinski definition) is 6.